The zero-order valence-electron chi connectivity index (χ0n) is 21.0. The SMILES string of the molecule is CCCCc1nc(CCC)nn1Cc1ccc(-n2c(-c3nn[nH]n3)ccc2C2CCCCC2)cc1. The van der Waals surface area contributed by atoms with Gasteiger partial charge in [-0.05, 0) is 66.6 Å². The Kier molecular flexibility index (Phi) is 7.35. The van der Waals surface area contributed by atoms with E-state index in [2.05, 4.69) is 80.1 Å². The van der Waals surface area contributed by atoms with Gasteiger partial charge in [0.2, 0.25) is 5.82 Å². The Morgan fingerprint density at radius 2 is 1.77 bits per heavy atom. The Balaban J connectivity index is 1.44. The molecule has 1 aliphatic rings. The summed E-state index contributed by atoms with van der Waals surface area (Å²) < 4.78 is 4.43. The molecule has 1 aromatic carbocycles. The molecule has 35 heavy (non-hydrogen) atoms. The van der Waals surface area contributed by atoms with Crippen LogP contribution in [0.1, 0.15) is 94.0 Å². The highest BCUT2D eigenvalue weighted by Gasteiger charge is 2.23. The Hall–Kier alpha value is -3.29. The first-order chi connectivity index (χ1) is 17.3. The monoisotopic (exact) mass is 472 g/mol. The second kappa shape index (κ2) is 11.0. The molecule has 3 aromatic heterocycles. The second-order valence-corrected chi connectivity index (χ2v) is 9.67. The Bertz CT molecular complexity index is 1200. The van der Waals surface area contributed by atoms with Crippen LogP contribution < -0.4 is 0 Å². The van der Waals surface area contributed by atoms with Gasteiger partial charge < -0.3 is 4.57 Å². The number of hydrogen-bond donors (Lipinski definition) is 1. The molecule has 8 heteroatoms. The standard InChI is InChI=1S/C27H36N8/c1-3-5-12-26-28-25(9-4-2)31-34(26)19-20-13-15-22(16-14-20)35-23(21-10-7-6-8-11-21)17-18-24(35)27-29-32-33-30-27/h13-18,21H,3-12,19H2,1-2H3,(H,29,30,32,33). The number of aryl methyl sites for hydroxylation is 2. The zero-order chi connectivity index (χ0) is 24.0. The van der Waals surface area contributed by atoms with Crippen LogP contribution in [0.2, 0.25) is 0 Å². The molecule has 184 valence electrons. The van der Waals surface area contributed by atoms with Crippen LogP contribution in [0.15, 0.2) is 36.4 Å². The van der Waals surface area contributed by atoms with E-state index >= 15 is 0 Å². The molecule has 0 unspecified atom stereocenters. The summed E-state index contributed by atoms with van der Waals surface area (Å²) >= 11 is 0. The molecule has 3 heterocycles. The quantitative estimate of drug-likeness (QED) is 0.323. The molecule has 0 saturated heterocycles. The van der Waals surface area contributed by atoms with Gasteiger partial charge in [-0.2, -0.15) is 10.3 Å². The van der Waals surface area contributed by atoms with Crippen molar-refractivity contribution in [3.8, 4) is 17.2 Å². The highest BCUT2D eigenvalue weighted by molar-refractivity contribution is 5.57. The molecule has 0 amide bonds. The number of aromatic nitrogens is 8. The first kappa shape index (κ1) is 23.5. The number of rotatable bonds is 10. The molecular formula is C27H36N8. The molecule has 4 aromatic rings. The number of tetrazole rings is 1. The van der Waals surface area contributed by atoms with Crippen LogP contribution in [0, 0.1) is 0 Å². The maximum absolute atomic E-state index is 4.82. The van der Waals surface area contributed by atoms with Crippen LogP contribution in [0.4, 0.5) is 0 Å². The number of hydrogen-bond acceptors (Lipinski definition) is 5. The van der Waals surface area contributed by atoms with Crippen molar-refractivity contribution in [2.24, 2.45) is 0 Å². The lowest BCUT2D eigenvalue weighted by Gasteiger charge is -2.24. The third-order valence-electron chi connectivity index (χ3n) is 7.06. The number of nitrogens with zero attached hydrogens (tertiary/aromatic N) is 7. The molecule has 0 bridgehead atoms. The summed E-state index contributed by atoms with van der Waals surface area (Å²) in [5, 5.41) is 19.8. The fraction of sp³-hybridized carbons (Fsp3) is 0.519. The molecule has 1 aliphatic carbocycles. The molecule has 1 fully saturated rings. The number of unbranched alkanes of at least 4 members (excludes halogenated alkanes) is 1. The van der Waals surface area contributed by atoms with E-state index in [1.54, 1.807) is 0 Å². The Morgan fingerprint density at radius 1 is 0.943 bits per heavy atom. The highest BCUT2D eigenvalue weighted by Crippen LogP contribution is 2.36. The van der Waals surface area contributed by atoms with Crippen LogP contribution in [0.3, 0.4) is 0 Å². The van der Waals surface area contributed by atoms with Gasteiger partial charge in [-0.15, -0.1) is 10.2 Å². The van der Waals surface area contributed by atoms with E-state index in [1.807, 2.05) is 0 Å². The van der Waals surface area contributed by atoms with Crippen LogP contribution in [0.25, 0.3) is 17.2 Å². The number of nitrogens with one attached hydrogen (secondary N) is 1. The van der Waals surface area contributed by atoms with E-state index in [0.29, 0.717) is 11.7 Å². The molecule has 1 saturated carbocycles. The third kappa shape index (κ3) is 5.21. The maximum Gasteiger partial charge on any atom is 0.221 e. The van der Waals surface area contributed by atoms with Crippen LogP contribution in [-0.2, 0) is 19.4 Å². The maximum atomic E-state index is 4.82. The van der Waals surface area contributed by atoms with Crippen molar-refractivity contribution < 1.29 is 0 Å². The number of benzene rings is 1. The molecule has 0 atom stereocenters. The average Bonchev–Trinajstić information content (AvgIpc) is 3.64. The van der Waals surface area contributed by atoms with Crippen molar-refractivity contribution in [2.45, 2.75) is 90.5 Å². The smallest absolute Gasteiger partial charge is 0.221 e. The van der Waals surface area contributed by atoms with Crippen LogP contribution in [-0.4, -0.2) is 40.0 Å². The second-order valence-electron chi connectivity index (χ2n) is 9.67. The topological polar surface area (TPSA) is 90.1 Å². The lowest BCUT2D eigenvalue weighted by Crippen LogP contribution is -2.11. The van der Waals surface area contributed by atoms with E-state index in [4.69, 9.17) is 10.1 Å². The lowest BCUT2D eigenvalue weighted by atomic mass is 9.87. The summed E-state index contributed by atoms with van der Waals surface area (Å²) in [4.78, 5) is 4.82. The number of H-pyrrole nitrogens is 1. The minimum atomic E-state index is 0.567. The van der Waals surface area contributed by atoms with E-state index in [1.165, 1.54) is 43.4 Å². The summed E-state index contributed by atoms with van der Waals surface area (Å²) in [7, 11) is 0. The van der Waals surface area contributed by atoms with Crippen molar-refractivity contribution in [3.63, 3.8) is 0 Å². The highest BCUT2D eigenvalue weighted by atomic mass is 15.5. The van der Waals surface area contributed by atoms with Gasteiger partial charge in [0.25, 0.3) is 0 Å². The summed E-state index contributed by atoms with van der Waals surface area (Å²) in [6.45, 7) is 5.14. The van der Waals surface area contributed by atoms with Crippen molar-refractivity contribution in [1.82, 2.24) is 40.0 Å². The first-order valence-corrected chi connectivity index (χ1v) is 13.2. The Labute approximate surface area is 207 Å². The van der Waals surface area contributed by atoms with Crippen molar-refractivity contribution in [2.75, 3.05) is 0 Å². The summed E-state index contributed by atoms with van der Waals surface area (Å²) in [6.07, 6.45) is 11.7. The van der Waals surface area contributed by atoms with Gasteiger partial charge in [-0.1, -0.05) is 51.7 Å². The van der Waals surface area contributed by atoms with Gasteiger partial charge in [-0.25, -0.2) is 9.67 Å². The van der Waals surface area contributed by atoms with Gasteiger partial charge in [-0.3, -0.25) is 0 Å². The predicted octanol–water partition coefficient (Wildman–Crippen LogP) is 5.64. The van der Waals surface area contributed by atoms with Gasteiger partial charge in [0.1, 0.15) is 5.82 Å². The molecule has 5 rings (SSSR count). The molecular weight excluding hydrogens is 436 g/mol. The van der Waals surface area contributed by atoms with Gasteiger partial charge >= 0.3 is 0 Å². The van der Waals surface area contributed by atoms with E-state index in [9.17, 15) is 0 Å². The average molecular weight is 473 g/mol. The minimum Gasteiger partial charge on any atom is -0.310 e. The van der Waals surface area contributed by atoms with Crippen LogP contribution >= 0.6 is 0 Å². The largest absolute Gasteiger partial charge is 0.310 e. The van der Waals surface area contributed by atoms with E-state index < -0.39 is 0 Å². The van der Waals surface area contributed by atoms with E-state index in [-0.39, 0.29) is 0 Å². The molecule has 1 N–H and O–H groups in total. The lowest BCUT2D eigenvalue weighted by molar-refractivity contribution is 0.433. The summed E-state index contributed by atoms with van der Waals surface area (Å²) in [5.74, 6) is 3.26. The first-order valence-electron chi connectivity index (χ1n) is 13.2. The minimum absolute atomic E-state index is 0.567. The molecule has 0 spiro atoms. The normalized spacial score (nSPS) is 14.6. The number of aromatic amines is 1. The Morgan fingerprint density at radius 3 is 2.49 bits per heavy atom. The summed E-state index contributed by atoms with van der Waals surface area (Å²) in [6, 6.07) is 13.2. The van der Waals surface area contributed by atoms with Crippen molar-refractivity contribution in [1.29, 1.82) is 0 Å². The van der Waals surface area contributed by atoms with Gasteiger partial charge in [0, 0.05) is 24.2 Å². The predicted molar refractivity (Wildman–Crippen MR) is 136 cm³/mol. The fourth-order valence-electron chi connectivity index (χ4n) is 5.23. The third-order valence-corrected chi connectivity index (χ3v) is 7.06. The van der Waals surface area contributed by atoms with Gasteiger partial charge in [0.05, 0.1) is 12.2 Å². The molecule has 0 radical (unpaired) electrons. The van der Waals surface area contributed by atoms with Crippen molar-refractivity contribution >= 4 is 0 Å². The van der Waals surface area contributed by atoms with Gasteiger partial charge in [0.15, 0.2) is 5.82 Å². The summed E-state index contributed by atoms with van der Waals surface area (Å²) in [5.41, 5.74) is 4.69. The molecule has 8 nitrogen and oxygen atoms in total. The van der Waals surface area contributed by atoms with Crippen molar-refractivity contribution in [3.05, 3.63) is 59.3 Å². The zero-order valence-corrected chi connectivity index (χ0v) is 21.0. The molecule has 0 aliphatic heterocycles. The van der Waals surface area contributed by atoms with E-state index in [0.717, 1.165) is 61.7 Å². The fourth-order valence-corrected chi connectivity index (χ4v) is 5.23. The van der Waals surface area contributed by atoms with Crippen LogP contribution in [0.5, 0.6) is 0 Å².